The average molecular weight is 860 g/mol. The van der Waals surface area contributed by atoms with Crippen molar-refractivity contribution in [3.05, 3.63) is 224 Å². The summed E-state index contributed by atoms with van der Waals surface area (Å²) in [6.45, 7) is 2.06. The monoisotopic (exact) mass is 859 g/mol. The maximum atomic E-state index is 5.89. The van der Waals surface area contributed by atoms with Crippen LogP contribution in [0.25, 0.3) is 11.1 Å². The van der Waals surface area contributed by atoms with E-state index in [-0.39, 0.29) is 0 Å². The molecule has 0 fully saturated rings. The highest BCUT2D eigenvalue weighted by atomic mass is 16.5. The van der Waals surface area contributed by atoms with Gasteiger partial charge in [0.15, 0.2) is 0 Å². The molecule has 0 aliphatic heterocycles. The molecule has 10 nitrogen and oxygen atoms in total. The molecule has 0 aliphatic carbocycles. The molecule has 0 radical (unpaired) electrons. The van der Waals surface area contributed by atoms with Gasteiger partial charge in [-0.25, -0.2) is 0 Å². The van der Waals surface area contributed by atoms with E-state index in [0.29, 0.717) is 11.4 Å². The molecule has 0 saturated heterocycles. The molecular weight excluding hydrogens is 811 g/mol. The molecule has 10 N–H and O–H groups in total. The minimum absolute atomic E-state index is 0.708. The highest BCUT2D eigenvalue weighted by molar-refractivity contribution is 5.65. The lowest BCUT2D eigenvalue weighted by Gasteiger charge is -2.09. The van der Waals surface area contributed by atoms with Crippen molar-refractivity contribution in [3.63, 3.8) is 0 Å². The van der Waals surface area contributed by atoms with E-state index < -0.39 is 0 Å². The fourth-order valence-electron chi connectivity index (χ4n) is 5.97. The highest BCUT2D eigenvalue weighted by Gasteiger charge is 2.04. The zero-order chi connectivity index (χ0) is 45.4. The van der Waals surface area contributed by atoms with Crippen LogP contribution in [-0.2, 0) is 0 Å². The number of hydrogen-bond acceptors (Lipinski definition) is 10. The second kappa shape index (κ2) is 21.7. The predicted octanol–water partition coefficient (Wildman–Crippen LogP) is 13.9. The normalized spacial score (nSPS) is 10.2. The van der Waals surface area contributed by atoms with E-state index in [1.165, 1.54) is 5.56 Å². The Kier molecular flexibility index (Phi) is 14.7. The Morgan fingerprint density at radius 1 is 0.200 bits per heavy atom. The fourth-order valence-corrected chi connectivity index (χ4v) is 5.97. The summed E-state index contributed by atoms with van der Waals surface area (Å²) in [5.74, 6) is 7.65. The molecule has 0 heterocycles. The van der Waals surface area contributed by atoms with Gasteiger partial charge in [0.2, 0.25) is 0 Å². The molecule has 10 heteroatoms. The molecule has 9 rings (SSSR count). The number of rotatable bonds is 11. The van der Waals surface area contributed by atoms with Gasteiger partial charge >= 0.3 is 0 Å². The smallest absolute Gasteiger partial charge is 0.127 e. The van der Waals surface area contributed by atoms with Crippen LogP contribution in [0.4, 0.5) is 28.4 Å². The standard InChI is InChI=1S/C25H21NO2.C18H16N2O2.C12H12N2O/c1-18-2-10-22(11-3-18)27-23-12-4-19(5-13-23)20-6-14-24(15-7-20)28-25-16-8-21(26)9-17-25;19-13-1-5-15(6-2-13)21-17-9-11-18(12-10-17)22-16-7-3-14(20)4-8-16;13-9-1-5-11(6-2-9)15-12-7-3-10(14)4-8-12/h2-17H,26H2,1H3;1-12H,19-20H2;1-8H,13-14H2. The minimum Gasteiger partial charge on any atom is -0.457 e. The van der Waals surface area contributed by atoms with Crippen molar-refractivity contribution >= 4 is 28.4 Å². The van der Waals surface area contributed by atoms with E-state index in [0.717, 1.165) is 85.7 Å². The third kappa shape index (κ3) is 14.0. The Labute approximate surface area is 379 Å². The second-order valence-corrected chi connectivity index (χ2v) is 14.7. The summed E-state index contributed by atoms with van der Waals surface area (Å²) in [6.07, 6.45) is 0. The third-order valence-electron chi connectivity index (χ3n) is 9.47. The summed E-state index contributed by atoms with van der Waals surface area (Å²) in [6, 6.07) is 67.9. The summed E-state index contributed by atoms with van der Waals surface area (Å²) < 4.78 is 28.8. The first-order chi connectivity index (χ1) is 31.6. The second-order valence-electron chi connectivity index (χ2n) is 14.7. The van der Waals surface area contributed by atoms with Crippen LogP contribution in [0, 0.1) is 6.92 Å². The van der Waals surface area contributed by atoms with Gasteiger partial charge in [-0.3, -0.25) is 0 Å². The van der Waals surface area contributed by atoms with Crippen LogP contribution in [-0.4, -0.2) is 0 Å². The van der Waals surface area contributed by atoms with Crippen LogP contribution < -0.4 is 52.4 Å². The van der Waals surface area contributed by atoms with Crippen molar-refractivity contribution in [1.82, 2.24) is 0 Å². The van der Waals surface area contributed by atoms with Gasteiger partial charge in [0.05, 0.1) is 0 Å². The topological polar surface area (TPSA) is 176 Å². The molecule has 0 aliphatic rings. The van der Waals surface area contributed by atoms with Gasteiger partial charge in [-0.1, -0.05) is 42.0 Å². The maximum absolute atomic E-state index is 5.89. The SMILES string of the molecule is Cc1ccc(Oc2ccc(-c3ccc(Oc4ccc(N)cc4)cc3)cc2)cc1.Nc1ccc(Oc2ccc(N)cc2)cc1.Nc1ccc(Oc2ccc(Oc3ccc(N)cc3)cc2)cc1. The number of nitrogens with two attached hydrogens (primary N) is 5. The van der Waals surface area contributed by atoms with E-state index in [1.807, 2.05) is 158 Å². The molecule has 65 heavy (non-hydrogen) atoms. The summed E-state index contributed by atoms with van der Waals surface area (Å²) >= 11 is 0. The fraction of sp³-hybridized carbons (Fsp3) is 0.0182. The molecule has 0 atom stereocenters. The van der Waals surface area contributed by atoms with Gasteiger partial charge in [0.25, 0.3) is 0 Å². The van der Waals surface area contributed by atoms with Crippen LogP contribution in [0.1, 0.15) is 5.56 Å². The lowest BCUT2D eigenvalue weighted by molar-refractivity contribution is 0.469. The number of ether oxygens (including phenoxy) is 5. The summed E-state index contributed by atoms with van der Waals surface area (Å²) in [7, 11) is 0. The first-order valence-electron chi connectivity index (χ1n) is 20.6. The zero-order valence-electron chi connectivity index (χ0n) is 35.7. The van der Waals surface area contributed by atoms with Gasteiger partial charge in [-0.05, 0) is 200 Å². The van der Waals surface area contributed by atoms with Crippen molar-refractivity contribution in [2.75, 3.05) is 28.7 Å². The molecule has 9 aromatic rings. The largest absolute Gasteiger partial charge is 0.457 e. The first kappa shape index (κ1) is 44.0. The molecule has 324 valence electrons. The number of benzene rings is 9. The van der Waals surface area contributed by atoms with Crippen LogP contribution >= 0.6 is 0 Å². The van der Waals surface area contributed by atoms with Crippen molar-refractivity contribution < 1.29 is 23.7 Å². The van der Waals surface area contributed by atoms with E-state index >= 15 is 0 Å². The van der Waals surface area contributed by atoms with Gasteiger partial charge in [-0.2, -0.15) is 0 Å². The van der Waals surface area contributed by atoms with Crippen LogP contribution in [0.2, 0.25) is 0 Å². The molecule has 0 spiro atoms. The van der Waals surface area contributed by atoms with Crippen molar-refractivity contribution in [3.8, 4) is 68.6 Å². The number of hydrogen-bond donors (Lipinski definition) is 5. The van der Waals surface area contributed by atoms with E-state index in [9.17, 15) is 0 Å². The van der Waals surface area contributed by atoms with Crippen molar-refractivity contribution in [2.45, 2.75) is 6.92 Å². The van der Waals surface area contributed by atoms with Gasteiger partial charge < -0.3 is 52.4 Å². The van der Waals surface area contributed by atoms with Crippen LogP contribution in [0.15, 0.2) is 218 Å². The zero-order valence-corrected chi connectivity index (χ0v) is 35.7. The molecule has 0 amide bonds. The van der Waals surface area contributed by atoms with Crippen molar-refractivity contribution in [2.24, 2.45) is 0 Å². The molecule has 0 aromatic heterocycles. The maximum Gasteiger partial charge on any atom is 0.127 e. The Morgan fingerprint density at radius 2 is 0.338 bits per heavy atom. The van der Waals surface area contributed by atoms with E-state index in [4.69, 9.17) is 52.4 Å². The molecule has 9 aromatic carbocycles. The van der Waals surface area contributed by atoms with Gasteiger partial charge in [-0.15, -0.1) is 0 Å². The molecule has 0 bridgehead atoms. The number of anilines is 5. The molecule has 0 unspecified atom stereocenters. The summed E-state index contributed by atoms with van der Waals surface area (Å²) in [4.78, 5) is 0. The van der Waals surface area contributed by atoms with Gasteiger partial charge in [0, 0.05) is 28.4 Å². The van der Waals surface area contributed by atoms with Crippen molar-refractivity contribution in [1.29, 1.82) is 0 Å². The van der Waals surface area contributed by atoms with E-state index in [2.05, 4.69) is 19.1 Å². The Balaban J connectivity index is 0.000000152. The number of nitrogen functional groups attached to an aromatic ring is 5. The molecular formula is C55H49N5O5. The lowest BCUT2D eigenvalue weighted by Crippen LogP contribution is -1.88. The molecule has 0 saturated carbocycles. The highest BCUT2D eigenvalue weighted by Crippen LogP contribution is 2.31. The first-order valence-corrected chi connectivity index (χ1v) is 20.6. The number of aryl methyl sites for hydroxylation is 1. The van der Waals surface area contributed by atoms with Crippen LogP contribution in [0.3, 0.4) is 0 Å². The summed E-state index contributed by atoms with van der Waals surface area (Å²) in [5.41, 5.74) is 35.2. The van der Waals surface area contributed by atoms with Crippen LogP contribution in [0.5, 0.6) is 57.5 Å². The van der Waals surface area contributed by atoms with E-state index in [1.54, 1.807) is 48.5 Å². The average Bonchev–Trinajstić information content (AvgIpc) is 3.32. The third-order valence-corrected chi connectivity index (χ3v) is 9.47. The lowest BCUT2D eigenvalue weighted by atomic mass is 10.1. The Bertz CT molecular complexity index is 2620. The van der Waals surface area contributed by atoms with Gasteiger partial charge in [0.1, 0.15) is 57.5 Å². The Hall–Kier alpha value is -9.02. The minimum atomic E-state index is 0.708. The Morgan fingerprint density at radius 3 is 0.523 bits per heavy atom. The predicted molar refractivity (Wildman–Crippen MR) is 264 cm³/mol. The quantitative estimate of drug-likeness (QED) is 0.0787. The summed E-state index contributed by atoms with van der Waals surface area (Å²) in [5, 5.41) is 0.